The van der Waals surface area contributed by atoms with Crippen LogP contribution in [0.3, 0.4) is 0 Å². The van der Waals surface area contributed by atoms with Crippen molar-refractivity contribution in [2.24, 2.45) is 0 Å². The first-order valence-electron chi connectivity index (χ1n) is 6.40. The second-order valence-electron chi connectivity index (χ2n) is 4.36. The second-order valence-corrected chi connectivity index (χ2v) is 4.36. The molecule has 2 unspecified atom stereocenters. The minimum Gasteiger partial charge on any atom is -0.466 e. The van der Waals surface area contributed by atoms with Crippen molar-refractivity contribution in [3.63, 3.8) is 0 Å². The van der Waals surface area contributed by atoms with Crippen molar-refractivity contribution in [2.75, 3.05) is 19.5 Å². The Morgan fingerprint density at radius 2 is 2.00 bits per heavy atom. The standard InChI is InChI=1S/C14H19NO6/c1-3-21-12(17)7-11(16)13(18)9-5-4-8(15)6-10(9)14(19)20-2/h4-6,11,13,16,18H,3,7,15H2,1-2H3. The zero-order valence-corrected chi connectivity index (χ0v) is 11.9. The van der Waals surface area contributed by atoms with Crippen LogP contribution >= 0.6 is 0 Å². The predicted octanol–water partition coefficient (Wildman–Crippen LogP) is 0.403. The molecule has 0 radical (unpaired) electrons. The van der Waals surface area contributed by atoms with Gasteiger partial charge >= 0.3 is 11.9 Å². The first-order chi connectivity index (χ1) is 9.90. The summed E-state index contributed by atoms with van der Waals surface area (Å²) >= 11 is 0. The van der Waals surface area contributed by atoms with E-state index >= 15 is 0 Å². The molecule has 0 aliphatic heterocycles. The van der Waals surface area contributed by atoms with Gasteiger partial charge in [-0.15, -0.1) is 0 Å². The van der Waals surface area contributed by atoms with E-state index in [9.17, 15) is 19.8 Å². The number of anilines is 1. The quantitative estimate of drug-likeness (QED) is 0.513. The van der Waals surface area contributed by atoms with Crippen LogP contribution in [-0.4, -0.2) is 42.0 Å². The molecule has 1 rings (SSSR count). The van der Waals surface area contributed by atoms with E-state index in [0.29, 0.717) is 5.69 Å². The maximum atomic E-state index is 11.7. The molecule has 0 fully saturated rings. The van der Waals surface area contributed by atoms with Gasteiger partial charge < -0.3 is 25.4 Å². The highest BCUT2D eigenvalue weighted by atomic mass is 16.5. The average Bonchev–Trinajstić information content (AvgIpc) is 2.45. The van der Waals surface area contributed by atoms with E-state index in [2.05, 4.69) is 4.74 Å². The molecular formula is C14H19NO6. The smallest absolute Gasteiger partial charge is 0.338 e. The summed E-state index contributed by atoms with van der Waals surface area (Å²) in [5.41, 5.74) is 6.07. The number of hydrogen-bond donors (Lipinski definition) is 3. The van der Waals surface area contributed by atoms with Crippen molar-refractivity contribution < 1.29 is 29.3 Å². The molecule has 7 nitrogen and oxygen atoms in total. The van der Waals surface area contributed by atoms with Gasteiger partial charge in [-0.05, 0) is 24.6 Å². The summed E-state index contributed by atoms with van der Waals surface area (Å²) in [5, 5.41) is 20.0. The number of hydrogen-bond acceptors (Lipinski definition) is 7. The van der Waals surface area contributed by atoms with Crippen LogP contribution in [0.25, 0.3) is 0 Å². The SMILES string of the molecule is CCOC(=O)CC(O)C(O)c1ccc(N)cc1C(=O)OC. The van der Waals surface area contributed by atoms with Crippen LogP contribution in [0.5, 0.6) is 0 Å². The topological polar surface area (TPSA) is 119 Å². The van der Waals surface area contributed by atoms with E-state index in [-0.39, 0.29) is 24.2 Å². The number of nitrogen functional groups attached to an aromatic ring is 1. The first kappa shape index (κ1) is 16.9. The maximum absolute atomic E-state index is 11.7. The molecule has 1 aromatic carbocycles. The van der Waals surface area contributed by atoms with Gasteiger partial charge in [-0.3, -0.25) is 4.79 Å². The molecular weight excluding hydrogens is 278 g/mol. The van der Waals surface area contributed by atoms with Crippen molar-refractivity contribution in [2.45, 2.75) is 25.6 Å². The summed E-state index contributed by atoms with van der Waals surface area (Å²) in [6.07, 6.45) is -3.24. The Hall–Kier alpha value is -2.12. The number of carbonyl (C=O) groups is 2. The van der Waals surface area contributed by atoms with E-state index in [1.807, 2.05) is 0 Å². The molecule has 116 valence electrons. The molecule has 7 heteroatoms. The lowest BCUT2D eigenvalue weighted by atomic mass is 9.96. The molecule has 0 bridgehead atoms. The highest BCUT2D eigenvalue weighted by Gasteiger charge is 2.26. The Balaban J connectivity index is 2.98. The van der Waals surface area contributed by atoms with E-state index < -0.39 is 24.1 Å². The Kier molecular flexibility index (Phi) is 6.13. The average molecular weight is 297 g/mol. The summed E-state index contributed by atoms with van der Waals surface area (Å²) in [6.45, 7) is 1.81. The number of aliphatic hydroxyl groups is 2. The molecule has 4 N–H and O–H groups in total. The number of aliphatic hydroxyl groups excluding tert-OH is 2. The van der Waals surface area contributed by atoms with Crippen molar-refractivity contribution in [3.8, 4) is 0 Å². The Bertz CT molecular complexity index is 516. The number of esters is 2. The lowest BCUT2D eigenvalue weighted by Gasteiger charge is -2.19. The van der Waals surface area contributed by atoms with Gasteiger partial charge in [0.15, 0.2) is 0 Å². The zero-order chi connectivity index (χ0) is 16.0. The second kappa shape index (κ2) is 7.61. The van der Waals surface area contributed by atoms with Gasteiger partial charge in [0.05, 0.1) is 31.8 Å². The van der Waals surface area contributed by atoms with Gasteiger partial charge in [-0.2, -0.15) is 0 Å². The molecule has 21 heavy (non-hydrogen) atoms. The lowest BCUT2D eigenvalue weighted by Crippen LogP contribution is -2.25. The van der Waals surface area contributed by atoms with E-state index in [4.69, 9.17) is 10.5 Å². The fourth-order valence-electron chi connectivity index (χ4n) is 1.83. The number of carbonyl (C=O) groups excluding carboxylic acids is 2. The van der Waals surface area contributed by atoms with Crippen molar-refractivity contribution in [3.05, 3.63) is 29.3 Å². The minimum absolute atomic E-state index is 0.0351. The number of nitrogens with two attached hydrogens (primary N) is 1. The van der Waals surface area contributed by atoms with Crippen LogP contribution in [0.1, 0.15) is 35.4 Å². The number of ether oxygens (including phenoxy) is 2. The zero-order valence-electron chi connectivity index (χ0n) is 11.9. The van der Waals surface area contributed by atoms with Gasteiger partial charge in [-0.1, -0.05) is 6.07 Å². The third kappa shape index (κ3) is 4.44. The van der Waals surface area contributed by atoms with Crippen LogP contribution in [-0.2, 0) is 14.3 Å². The lowest BCUT2D eigenvalue weighted by molar-refractivity contribution is -0.147. The summed E-state index contributed by atoms with van der Waals surface area (Å²) in [6, 6.07) is 4.21. The van der Waals surface area contributed by atoms with Crippen LogP contribution < -0.4 is 5.73 Å². The predicted molar refractivity (Wildman–Crippen MR) is 74.4 cm³/mol. The van der Waals surface area contributed by atoms with Crippen LogP contribution in [0.2, 0.25) is 0 Å². The van der Waals surface area contributed by atoms with Gasteiger partial charge in [0, 0.05) is 5.69 Å². The summed E-state index contributed by atoms with van der Waals surface area (Å²) < 4.78 is 9.30. The van der Waals surface area contributed by atoms with Crippen molar-refractivity contribution in [1.29, 1.82) is 0 Å². The van der Waals surface area contributed by atoms with Gasteiger partial charge in [0.2, 0.25) is 0 Å². The molecule has 1 aromatic rings. The number of methoxy groups -OCH3 is 1. The molecule has 0 aliphatic carbocycles. The van der Waals surface area contributed by atoms with Crippen LogP contribution in [0, 0.1) is 0 Å². The van der Waals surface area contributed by atoms with Crippen molar-refractivity contribution >= 4 is 17.6 Å². The molecule has 0 spiro atoms. The van der Waals surface area contributed by atoms with Gasteiger partial charge in [0.1, 0.15) is 6.10 Å². The third-order valence-corrected chi connectivity index (χ3v) is 2.85. The molecule has 0 heterocycles. The van der Waals surface area contributed by atoms with E-state index in [0.717, 1.165) is 0 Å². The monoisotopic (exact) mass is 297 g/mol. The maximum Gasteiger partial charge on any atom is 0.338 e. The largest absolute Gasteiger partial charge is 0.466 e. The van der Waals surface area contributed by atoms with Crippen LogP contribution in [0.15, 0.2) is 18.2 Å². The third-order valence-electron chi connectivity index (χ3n) is 2.85. The number of rotatable bonds is 6. The first-order valence-corrected chi connectivity index (χ1v) is 6.40. The number of benzene rings is 1. The minimum atomic E-state index is -1.44. The molecule has 0 amide bonds. The van der Waals surface area contributed by atoms with E-state index in [1.54, 1.807) is 6.92 Å². The highest BCUT2D eigenvalue weighted by Crippen LogP contribution is 2.25. The Morgan fingerprint density at radius 3 is 2.57 bits per heavy atom. The van der Waals surface area contributed by atoms with E-state index in [1.165, 1.54) is 25.3 Å². The molecule has 2 atom stereocenters. The summed E-state index contributed by atoms with van der Waals surface area (Å²) in [4.78, 5) is 23.0. The van der Waals surface area contributed by atoms with Gasteiger partial charge in [0.25, 0.3) is 0 Å². The Labute approximate surface area is 122 Å². The molecule has 0 saturated carbocycles. The fraction of sp³-hybridized carbons (Fsp3) is 0.429. The molecule has 0 saturated heterocycles. The molecule has 0 aliphatic rings. The summed E-state index contributed by atoms with van der Waals surface area (Å²) in [5.74, 6) is -1.33. The Morgan fingerprint density at radius 1 is 1.33 bits per heavy atom. The van der Waals surface area contributed by atoms with Crippen molar-refractivity contribution in [1.82, 2.24) is 0 Å². The highest BCUT2D eigenvalue weighted by molar-refractivity contribution is 5.92. The molecule has 0 aromatic heterocycles. The summed E-state index contributed by atoms with van der Waals surface area (Å²) in [7, 11) is 1.19. The normalized spacial score (nSPS) is 13.3. The van der Waals surface area contributed by atoms with Gasteiger partial charge in [-0.25, -0.2) is 4.79 Å². The fourth-order valence-corrected chi connectivity index (χ4v) is 1.83. The van der Waals surface area contributed by atoms with Crippen LogP contribution in [0.4, 0.5) is 5.69 Å².